The van der Waals surface area contributed by atoms with Crippen LogP contribution in [-0.2, 0) is 24.0 Å². The van der Waals surface area contributed by atoms with Crippen molar-refractivity contribution >= 4 is 10.8 Å². The molecule has 1 saturated carbocycles. The first-order valence-electron chi connectivity index (χ1n) is 13.6. The summed E-state index contributed by atoms with van der Waals surface area (Å²) >= 11 is 0. The maximum Gasteiger partial charge on any atom is 0.573 e. The molecular formula is C31H34F6O2. The minimum atomic E-state index is -5.21. The lowest BCUT2D eigenvalue weighted by molar-refractivity contribution is -0.276. The second-order valence-corrected chi connectivity index (χ2v) is 10.6. The molecule has 0 radical (unpaired) electrons. The number of alkyl halides is 3. The van der Waals surface area contributed by atoms with Crippen LogP contribution in [0.4, 0.5) is 26.3 Å². The Kier molecular flexibility index (Phi) is 9.81. The van der Waals surface area contributed by atoms with Gasteiger partial charge in [0, 0.05) is 19.1 Å². The van der Waals surface area contributed by atoms with Crippen molar-refractivity contribution in [3.8, 4) is 5.75 Å². The molecule has 0 amide bonds. The third kappa shape index (κ3) is 8.13. The largest absolute Gasteiger partial charge is 0.573 e. The molecule has 39 heavy (non-hydrogen) atoms. The van der Waals surface area contributed by atoms with E-state index in [1.807, 2.05) is 18.2 Å². The van der Waals surface area contributed by atoms with Crippen LogP contribution in [0.25, 0.3) is 10.8 Å². The van der Waals surface area contributed by atoms with Crippen molar-refractivity contribution in [1.29, 1.82) is 0 Å². The summed E-state index contributed by atoms with van der Waals surface area (Å²) in [4.78, 5) is 0. The molecule has 8 heteroatoms. The molecule has 0 unspecified atom stereocenters. The SMILES string of the molecule is COCCCC1CCC(CCc2ccc3c(F)c(CCc4cc(F)c(OC(F)(F)F)c(F)c4)ccc3c2)CC1. The van der Waals surface area contributed by atoms with E-state index in [2.05, 4.69) is 4.74 Å². The van der Waals surface area contributed by atoms with Gasteiger partial charge in [-0.15, -0.1) is 13.2 Å². The normalized spacial score (nSPS) is 18.0. The lowest BCUT2D eigenvalue weighted by Crippen LogP contribution is -2.19. The fourth-order valence-electron chi connectivity index (χ4n) is 5.68. The molecule has 0 aliphatic heterocycles. The number of halogens is 6. The molecule has 0 bridgehead atoms. The van der Waals surface area contributed by atoms with E-state index in [0.717, 1.165) is 55.2 Å². The molecule has 3 aromatic carbocycles. The number of ether oxygens (including phenoxy) is 2. The molecule has 0 saturated heterocycles. The number of hydrogen-bond donors (Lipinski definition) is 0. The van der Waals surface area contributed by atoms with Gasteiger partial charge in [0.05, 0.1) is 0 Å². The first-order valence-corrected chi connectivity index (χ1v) is 13.6. The number of rotatable bonds is 11. The van der Waals surface area contributed by atoms with Crippen LogP contribution in [-0.4, -0.2) is 20.1 Å². The van der Waals surface area contributed by atoms with Crippen LogP contribution in [0, 0.1) is 29.3 Å². The molecule has 0 aromatic heterocycles. The fourth-order valence-corrected chi connectivity index (χ4v) is 5.68. The number of benzene rings is 3. The Morgan fingerprint density at radius 1 is 0.769 bits per heavy atom. The van der Waals surface area contributed by atoms with E-state index in [9.17, 15) is 22.0 Å². The average molecular weight is 553 g/mol. The van der Waals surface area contributed by atoms with Gasteiger partial charge in [0.2, 0.25) is 5.75 Å². The number of hydrogen-bond acceptors (Lipinski definition) is 2. The number of fused-ring (bicyclic) bond motifs is 1. The van der Waals surface area contributed by atoms with E-state index < -0.39 is 29.6 Å². The van der Waals surface area contributed by atoms with Gasteiger partial charge in [0.25, 0.3) is 0 Å². The van der Waals surface area contributed by atoms with Gasteiger partial charge >= 0.3 is 6.36 Å². The lowest BCUT2D eigenvalue weighted by atomic mass is 9.78. The summed E-state index contributed by atoms with van der Waals surface area (Å²) in [5, 5.41) is 1.26. The smallest absolute Gasteiger partial charge is 0.399 e. The summed E-state index contributed by atoms with van der Waals surface area (Å²) in [6.07, 6.45) is 4.51. The molecule has 0 N–H and O–H groups in total. The zero-order valence-electron chi connectivity index (χ0n) is 22.1. The third-order valence-electron chi connectivity index (χ3n) is 7.83. The van der Waals surface area contributed by atoms with Crippen molar-refractivity contribution in [3.05, 3.63) is 76.6 Å². The Morgan fingerprint density at radius 2 is 1.44 bits per heavy atom. The van der Waals surface area contributed by atoms with Crippen LogP contribution in [0.15, 0.2) is 42.5 Å². The minimum absolute atomic E-state index is 0.0509. The van der Waals surface area contributed by atoms with Crippen LogP contribution in [0.5, 0.6) is 5.75 Å². The highest BCUT2D eigenvalue weighted by molar-refractivity contribution is 5.84. The van der Waals surface area contributed by atoms with Gasteiger partial charge in [-0.1, -0.05) is 56.0 Å². The Labute approximate surface area is 225 Å². The quantitative estimate of drug-likeness (QED) is 0.174. The van der Waals surface area contributed by atoms with Gasteiger partial charge in [-0.3, -0.25) is 0 Å². The van der Waals surface area contributed by atoms with Crippen molar-refractivity contribution in [3.63, 3.8) is 0 Å². The highest BCUT2D eigenvalue weighted by Gasteiger charge is 2.34. The Hall–Kier alpha value is -2.74. The van der Waals surface area contributed by atoms with E-state index in [0.29, 0.717) is 10.9 Å². The first kappa shape index (κ1) is 29.2. The molecular weight excluding hydrogens is 518 g/mol. The highest BCUT2D eigenvalue weighted by Crippen LogP contribution is 2.34. The second kappa shape index (κ2) is 13.1. The summed E-state index contributed by atoms with van der Waals surface area (Å²) in [6, 6.07) is 10.8. The molecule has 0 spiro atoms. The Balaban J connectivity index is 1.33. The molecule has 1 aliphatic carbocycles. The Bertz CT molecular complexity index is 1220. The van der Waals surface area contributed by atoms with Gasteiger partial charge in [0.1, 0.15) is 5.82 Å². The lowest BCUT2D eigenvalue weighted by Gasteiger charge is -2.28. The summed E-state index contributed by atoms with van der Waals surface area (Å²) in [5.41, 5.74) is 1.65. The predicted molar refractivity (Wildman–Crippen MR) is 139 cm³/mol. The molecule has 1 fully saturated rings. The van der Waals surface area contributed by atoms with Crippen molar-refractivity contribution in [1.82, 2.24) is 0 Å². The van der Waals surface area contributed by atoms with E-state index in [1.165, 1.54) is 37.7 Å². The monoisotopic (exact) mass is 552 g/mol. The number of aryl methyl sites for hydroxylation is 3. The van der Waals surface area contributed by atoms with Crippen molar-refractivity contribution < 1.29 is 35.8 Å². The second-order valence-electron chi connectivity index (χ2n) is 10.6. The van der Waals surface area contributed by atoms with Gasteiger partial charge in [-0.2, -0.15) is 0 Å². The van der Waals surface area contributed by atoms with Gasteiger partial charge in [-0.25, -0.2) is 13.2 Å². The van der Waals surface area contributed by atoms with E-state index >= 15 is 4.39 Å². The van der Waals surface area contributed by atoms with Crippen LogP contribution >= 0.6 is 0 Å². The van der Waals surface area contributed by atoms with Gasteiger partial charge in [-0.05, 0) is 84.6 Å². The maximum atomic E-state index is 15.2. The Morgan fingerprint density at radius 3 is 2.08 bits per heavy atom. The zero-order valence-corrected chi connectivity index (χ0v) is 22.1. The van der Waals surface area contributed by atoms with Gasteiger partial charge < -0.3 is 9.47 Å². The third-order valence-corrected chi connectivity index (χ3v) is 7.83. The highest BCUT2D eigenvalue weighted by atomic mass is 19.4. The predicted octanol–water partition coefficient (Wildman–Crippen LogP) is 9.11. The topological polar surface area (TPSA) is 18.5 Å². The molecule has 0 heterocycles. The molecule has 0 atom stereocenters. The fraction of sp³-hybridized carbons (Fsp3) is 0.484. The van der Waals surface area contributed by atoms with Crippen LogP contribution < -0.4 is 4.74 Å². The maximum absolute atomic E-state index is 15.2. The summed E-state index contributed by atoms with van der Waals surface area (Å²) in [5.74, 6) is -3.27. The minimum Gasteiger partial charge on any atom is -0.399 e. The van der Waals surface area contributed by atoms with Crippen LogP contribution in [0.2, 0.25) is 0 Å². The van der Waals surface area contributed by atoms with E-state index in [-0.39, 0.29) is 18.4 Å². The summed E-state index contributed by atoms with van der Waals surface area (Å²) < 4.78 is 88.9. The summed E-state index contributed by atoms with van der Waals surface area (Å²) in [7, 11) is 1.75. The first-order chi connectivity index (χ1) is 18.6. The van der Waals surface area contributed by atoms with Crippen molar-refractivity contribution in [2.24, 2.45) is 11.8 Å². The molecule has 4 rings (SSSR count). The average Bonchev–Trinajstić information content (AvgIpc) is 2.89. The van der Waals surface area contributed by atoms with E-state index in [1.54, 1.807) is 19.2 Å². The van der Waals surface area contributed by atoms with Crippen LogP contribution in [0.1, 0.15) is 61.6 Å². The van der Waals surface area contributed by atoms with Gasteiger partial charge in [0.15, 0.2) is 11.6 Å². The molecule has 1 aliphatic rings. The van der Waals surface area contributed by atoms with E-state index in [4.69, 9.17) is 4.74 Å². The van der Waals surface area contributed by atoms with Crippen molar-refractivity contribution in [2.45, 2.75) is 70.6 Å². The number of methoxy groups -OCH3 is 1. The molecule has 3 aromatic rings. The van der Waals surface area contributed by atoms with Crippen molar-refractivity contribution in [2.75, 3.05) is 13.7 Å². The standard InChI is InChI=1S/C31H34F6O2/c1-38-16-2-3-20-4-6-21(7-5-20)8-9-22-11-15-26-25(17-22)14-13-24(29(26)34)12-10-23-18-27(32)30(28(33)19-23)39-31(35,36)37/h11,13-15,17-21H,2-10,12,16H2,1H3. The summed E-state index contributed by atoms with van der Waals surface area (Å²) in [6.45, 7) is 0.835. The van der Waals surface area contributed by atoms with Crippen LogP contribution in [0.3, 0.4) is 0 Å². The molecule has 2 nitrogen and oxygen atoms in total. The zero-order chi connectivity index (χ0) is 28.0. The molecule has 212 valence electrons.